The molecule has 1 heterocycles. The number of rotatable bonds is 4. The molecule has 6 nitrogen and oxygen atoms in total. The quantitative estimate of drug-likeness (QED) is 0.828. The molecule has 2 amide bonds. The van der Waals surface area contributed by atoms with Crippen molar-refractivity contribution in [2.45, 2.75) is 18.9 Å². The highest BCUT2D eigenvalue weighted by Crippen LogP contribution is 2.17. The Morgan fingerprint density at radius 3 is 2.52 bits per heavy atom. The minimum absolute atomic E-state index is 0.0183. The maximum absolute atomic E-state index is 12.0. The molecule has 1 atom stereocenters. The van der Waals surface area contributed by atoms with Gasteiger partial charge in [-0.25, -0.2) is 8.42 Å². The summed E-state index contributed by atoms with van der Waals surface area (Å²) in [6.45, 7) is 0. The Bertz CT molecular complexity index is 628. The first-order valence-corrected chi connectivity index (χ1v) is 8.50. The van der Waals surface area contributed by atoms with Gasteiger partial charge in [-0.1, -0.05) is 18.2 Å². The van der Waals surface area contributed by atoms with Gasteiger partial charge in [0.25, 0.3) is 0 Å². The number of nitrogens with zero attached hydrogens (tertiary/aromatic N) is 1. The Labute approximate surface area is 124 Å². The van der Waals surface area contributed by atoms with Crippen molar-refractivity contribution in [3.63, 3.8) is 0 Å². The predicted molar refractivity (Wildman–Crippen MR) is 79.5 cm³/mol. The lowest BCUT2D eigenvalue weighted by Crippen LogP contribution is -2.39. The minimum Gasteiger partial charge on any atom is -0.341 e. The number of para-hydroxylation sites is 1. The van der Waals surface area contributed by atoms with E-state index < -0.39 is 15.7 Å². The van der Waals surface area contributed by atoms with E-state index in [-0.39, 0.29) is 29.9 Å². The van der Waals surface area contributed by atoms with Gasteiger partial charge in [-0.05, 0) is 18.6 Å². The first-order chi connectivity index (χ1) is 9.87. The summed E-state index contributed by atoms with van der Waals surface area (Å²) in [6.07, 6.45) is 0.146. The molecule has 0 saturated carbocycles. The molecule has 2 rings (SSSR count). The van der Waals surface area contributed by atoms with Gasteiger partial charge in [0.15, 0.2) is 9.84 Å². The lowest BCUT2D eigenvalue weighted by atomic mass is 10.2. The molecule has 1 saturated heterocycles. The largest absolute Gasteiger partial charge is 0.341 e. The molecule has 1 aliphatic heterocycles. The second kappa shape index (κ2) is 6.26. The molecule has 0 spiro atoms. The van der Waals surface area contributed by atoms with E-state index in [0.717, 1.165) is 0 Å². The molecule has 1 unspecified atom stereocenters. The zero-order valence-corrected chi connectivity index (χ0v) is 12.6. The van der Waals surface area contributed by atoms with Gasteiger partial charge in [0.2, 0.25) is 11.8 Å². The van der Waals surface area contributed by atoms with Crippen LogP contribution < -0.4 is 5.32 Å². The third-order valence-corrected chi connectivity index (χ3v) is 5.27. The van der Waals surface area contributed by atoms with E-state index in [0.29, 0.717) is 12.1 Å². The SMILES string of the molecule is CN(C(=O)CC(=O)Nc1ccccc1)C1CCS(=O)(=O)C1. The van der Waals surface area contributed by atoms with Gasteiger partial charge >= 0.3 is 0 Å². The van der Waals surface area contributed by atoms with Crippen LogP contribution in [-0.2, 0) is 19.4 Å². The molecule has 7 heteroatoms. The van der Waals surface area contributed by atoms with Crippen LogP contribution >= 0.6 is 0 Å². The normalized spacial score (nSPS) is 20.0. The van der Waals surface area contributed by atoms with Gasteiger partial charge in [-0.2, -0.15) is 0 Å². The van der Waals surface area contributed by atoms with E-state index in [2.05, 4.69) is 5.32 Å². The van der Waals surface area contributed by atoms with Crippen molar-refractivity contribution in [3.05, 3.63) is 30.3 Å². The van der Waals surface area contributed by atoms with Crippen LogP contribution in [0.3, 0.4) is 0 Å². The molecule has 1 aliphatic rings. The summed E-state index contributed by atoms with van der Waals surface area (Å²) in [7, 11) is -1.50. The van der Waals surface area contributed by atoms with E-state index in [4.69, 9.17) is 0 Å². The number of sulfone groups is 1. The Balaban J connectivity index is 1.88. The number of nitrogens with one attached hydrogen (secondary N) is 1. The first-order valence-electron chi connectivity index (χ1n) is 6.68. The third kappa shape index (κ3) is 4.29. The summed E-state index contributed by atoms with van der Waals surface area (Å²) in [5.41, 5.74) is 0.626. The molecule has 0 aliphatic carbocycles. The highest BCUT2D eigenvalue weighted by molar-refractivity contribution is 7.91. The molecular weight excluding hydrogens is 292 g/mol. The Morgan fingerprint density at radius 1 is 1.29 bits per heavy atom. The molecule has 114 valence electrons. The summed E-state index contributed by atoms with van der Waals surface area (Å²) < 4.78 is 22.8. The number of amides is 2. The number of anilines is 1. The maximum Gasteiger partial charge on any atom is 0.233 e. The molecule has 1 aromatic carbocycles. The van der Waals surface area contributed by atoms with Crippen LogP contribution in [0.2, 0.25) is 0 Å². The lowest BCUT2D eigenvalue weighted by molar-refractivity contribution is -0.134. The first kappa shape index (κ1) is 15.5. The third-order valence-electron chi connectivity index (χ3n) is 3.52. The van der Waals surface area contributed by atoms with Crippen LogP contribution in [0.5, 0.6) is 0 Å². The highest BCUT2D eigenvalue weighted by atomic mass is 32.2. The number of hydrogen-bond acceptors (Lipinski definition) is 4. The van der Waals surface area contributed by atoms with Crippen molar-refractivity contribution >= 4 is 27.3 Å². The van der Waals surface area contributed by atoms with Gasteiger partial charge in [-0.3, -0.25) is 9.59 Å². The second-order valence-electron chi connectivity index (χ2n) is 5.15. The van der Waals surface area contributed by atoms with Crippen molar-refractivity contribution in [1.29, 1.82) is 0 Å². The summed E-state index contributed by atoms with van der Waals surface area (Å²) in [5, 5.41) is 2.63. The topological polar surface area (TPSA) is 83.6 Å². The predicted octanol–water partition coefficient (Wildman–Crippen LogP) is 0.661. The van der Waals surface area contributed by atoms with Gasteiger partial charge in [-0.15, -0.1) is 0 Å². The lowest BCUT2D eigenvalue weighted by Gasteiger charge is -2.23. The fourth-order valence-electron chi connectivity index (χ4n) is 2.27. The highest BCUT2D eigenvalue weighted by Gasteiger charge is 2.33. The van der Waals surface area contributed by atoms with Crippen molar-refractivity contribution < 1.29 is 18.0 Å². The number of carbonyl (C=O) groups excluding carboxylic acids is 2. The molecule has 1 fully saturated rings. The smallest absolute Gasteiger partial charge is 0.233 e. The minimum atomic E-state index is -3.05. The fourth-order valence-corrected chi connectivity index (χ4v) is 4.05. The van der Waals surface area contributed by atoms with Crippen LogP contribution in [0.25, 0.3) is 0 Å². The fraction of sp³-hybridized carbons (Fsp3) is 0.429. The zero-order chi connectivity index (χ0) is 15.5. The van der Waals surface area contributed by atoms with Crippen LogP contribution in [-0.4, -0.2) is 49.7 Å². The van der Waals surface area contributed by atoms with E-state index >= 15 is 0 Å². The second-order valence-corrected chi connectivity index (χ2v) is 7.38. The van der Waals surface area contributed by atoms with Gasteiger partial charge < -0.3 is 10.2 Å². The summed E-state index contributed by atoms with van der Waals surface area (Å²) in [4.78, 5) is 25.2. The van der Waals surface area contributed by atoms with Crippen LogP contribution in [0.4, 0.5) is 5.69 Å². The van der Waals surface area contributed by atoms with Crippen LogP contribution in [0.1, 0.15) is 12.8 Å². The number of benzene rings is 1. The molecule has 0 aromatic heterocycles. The van der Waals surface area contributed by atoms with Crippen molar-refractivity contribution in [2.24, 2.45) is 0 Å². The molecule has 0 radical (unpaired) electrons. The molecule has 21 heavy (non-hydrogen) atoms. The van der Waals surface area contributed by atoms with Crippen LogP contribution in [0.15, 0.2) is 30.3 Å². The van der Waals surface area contributed by atoms with E-state index in [1.807, 2.05) is 6.07 Å². The molecule has 1 aromatic rings. The summed E-state index contributed by atoms with van der Waals surface area (Å²) in [5.74, 6) is -0.689. The Kier molecular flexibility index (Phi) is 4.62. The average molecular weight is 310 g/mol. The number of hydrogen-bond donors (Lipinski definition) is 1. The average Bonchev–Trinajstić information content (AvgIpc) is 2.79. The zero-order valence-electron chi connectivity index (χ0n) is 11.8. The van der Waals surface area contributed by atoms with Gasteiger partial charge in [0.1, 0.15) is 6.42 Å². The van der Waals surface area contributed by atoms with Crippen molar-refractivity contribution in [2.75, 3.05) is 23.9 Å². The Hall–Kier alpha value is -1.89. The molecule has 0 bridgehead atoms. The molecular formula is C14H18N2O4S. The standard InChI is InChI=1S/C14H18N2O4S/c1-16(12-7-8-21(19,20)10-12)14(18)9-13(17)15-11-5-3-2-4-6-11/h2-6,12H,7-10H2,1H3,(H,15,17). The van der Waals surface area contributed by atoms with Gasteiger partial charge in [0.05, 0.1) is 11.5 Å². The van der Waals surface area contributed by atoms with Crippen molar-refractivity contribution in [3.8, 4) is 0 Å². The van der Waals surface area contributed by atoms with E-state index in [1.165, 1.54) is 4.90 Å². The summed E-state index contributed by atoms with van der Waals surface area (Å²) >= 11 is 0. The Morgan fingerprint density at radius 2 is 1.95 bits per heavy atom. The van der Waals surface area contributed by atoms with Gasteiger partial charge in [0, 0.05) is 18.8 Å². The number of carbonyl (C=O) groups is 2. The monoisotopic (exact) mass is 310 g/mol. The van der Waals surface area contributed by atoms with Crippen LogP contribution in [0, 0.1) is 0 Å². The molecule has 1 N–H and O–H groups in total. The van der Waals surface area contributed by atoms with E-state index in [1.54, 1.807) is 31.3 Å². The maximum atomic E-state index is 12.0. The van der Waals surface area contributed by atoms with Crippen molar-refractivity contribution in [1.82, 2.24) is 4.90 Å². The summed E-state index contributed by atoms with van der Waals surface area (Å²) in [6, 6.07) is 8.53. The van der Waals surface area contributed by atoms with E-state index in [9.17, 15) is 18.0 Å².